The Morgan fingerprint density at radius 3 is 2.27 bits per heavy atom. The summed E-state index contributed by atoms with van der Waals surface area (Å²) in [6, 6.07) is -0.398. The van der Waals surface area contributed by atoms with Crippen molar-refractivity contribution in [1.82, 2.24) is 4.90 Å². The lowest BCUT2D eigenvalue weighted by atomic mass is 9.81. The highest BCUT2D eigenvalue weighted by molar-refractivity contribution is 6.06. The molecule has 0 bridgehead atoms. The molecular formula is C11H19NO3. The van der Waals surface area contributed by atoms with E-state index < -0.39 is 11.5 Å². The summed E-state index contributed by atoms with van der Waals surface area (Å²) in [4.78, 5) is 25.0. The van der Waals surface area contributed by atoms with Crippen molar-refractivity contribution in [3.8, 4) is 0 Å². The Labute approximate surface area is 90.3 Å². The predicted molar refractivity (Wildman–Crippen MR) is 56.0 cm³/mol. The lowest BCUT2D eigenvalue weighted by Crippen LogP contribution is -2.42. The number of rotatable bonds is 4. The summed E-state index contributed by atoms with van der Waals surface area (Å²) >= 11 is 0. The number of likely N-dealkylation sites (tertiary alicyclic amines) is 1. The first-order valence-corrected chi connectivity index (χ1v) is 5.49. The molecule has 0 aromatic carbocycles. The first-order valence-electron chi connectivity index (χ1n) is 5.49. The molecule has 1 rings (SSSR count). The summed E-state index contributed by atoms with van der Waals surface area (Å²) in [5, 5.41) is 9.00. The molecule has 1 aliphatic rings. The van der Waals surface area contributed by atoms with Crippen LogP contribution in [-0.2, 0) is 9.59 Å². The Hall–Kier alpha value is -0.900. The molecule has 0 aromatic heterocycles. The van der Waals surface area contributed by atoms with Gasteiger partial charge in [0, 0.05) is 6.42 Å². The van der Waals surface area contributed by atoms with Gasteiger partial charge in [-0.1, -0.05) is 13.8 Å². The van der Waals surface area contributed by atoms with E-state index in [1.165, 1.54) is 4.90 Å². The van der Waals surface area contributed by atoms with Crippen molar-refractivity contribution in [1.29, 1.82) is 0 Å². The van der Waals surface area contributed by atoms with Gasteiger partial charge in [-0.25, -0.2) is 0 Å². The molecule has 2 amide bonds. The highest BCUT2D eigenvalue weighted by Gasteiger charge is 2.50. The van der Waals surface area contributed by atoms with Crippen LogP contribution in [0.2, 0.25) is 0 Å². The van der Waals surface area contributed by atoms with Crippen molar-refractivity contribution >= 4 is 11.8 Å². The van der Waals surface area contributed by atoms with Crippen molar-refractivity contribution in [2.75, 3.05) is 6.61 Å². The first kappa shape index (κ1) is 12.2. The van der Waals surface area contributed by atoms with Crippen LogP contribution in [0.25, 0.3) is 0 Å². The molecule has 1 aliphatic heterocycles. The second-order valence-corrected chi connectivity index (χ2v) is 4.26. The monoisotopic (exact) mass is 213 g/mol. The maximum atomic E-state index is 12.1. The standard InChI is InChI=1S/C11H19NO3/c1-4-11(5-2)6-9(14)12(10(11)15)8(3)7-13/h8,13H,4-7H2,1-3H3. The van der Waals surface area contributed by atoms with Crippen molar-refractivity contribution in [2.45, 2.75) is 46.1 Å². The van der Waals surface area contributed by atoms with Gasteiger partial charge in [-0.2, -0.15) is 0 Å². The molecule has 0 aliphatic carbocycles. The molecule has 1 atom stereocenters. The molecule has 1 heterocycles. The molecule has 4 nitrogen and oxygen atoms in total. The molecule has 0 spiro atoms. The predicted octanol–water partition coefficient (Wildman–Crippen LogP) is 0.932. The maximum absolute atomic E-state index is 12.1. The van der Waals surface area contributed by atoms with Gasteiger partial charge in [-0.15, -0.1) is 0 Å². The molecular weight excluding hydrogens is 194 g/mol. The minimum atomic E-state index is -0.513. The van der Waals surface area contributed by atoms with Gasteiger partial charge in [0.25, 0.3) is 0 Å². The topological polar surface area (TPSA) is 57.6 Å². The average molecular weight is 213 g/mol. The average Bonchev–Trinajstić information content (AvgIpc) is 2.50. The zero-order valence-corrected chi connectivity index (χ0v) is 9.62. The fraction of sp³-hybridized carbons (Fsp3) is 0.818. The van der Waals surface area contributed by atoms with E-state index in [4.69, 9.17) is 5.11 Å². The molecule has 1 N–H and O–H groups in total. The van der Waals surface area contributed by atoms with Gasteiger partial charge in [0.05, 0.1) is 18.1 Å². The fourth-order valence-electron chi connectivity index (χ4n) is 2.15. The molecule has 4 heteroatoms. The summed E-state index contributed by atoms with van der Waals surface area (Å²) in [7, 11) is 0. The van der Waals surface area contributed by atoms with Crippen LogP contribution in [0.1, 0.15) is 40.0 Å². The largest absolute Gasteiger partial charge is 0.394 e. The number of nitrogens with zero attached hydrogens (tertiary/aromatic N) is 1. The fourth-order valence-corrected chi connectivity index (χ4v) is 2.15. The summed E-state index contributed by atoms with van der Waals surface area (Å²) in [6.45, 7) is 5.39. The van der Waals surface area contributed by atoms with Crippen LogP contribution in [0.15, 0.2) is 0 Å². The smallest absolute Gasteiger partial charge is 0.236 e. The minimum absolute atomic E-state index is 0.112. The summed E-state index contributed by atoms with van der Waals surface area (Å²) in [6.07, 6.45) is 1.66. The number of hydrogen-bond acceptors (Lipinski definition) is 3. The molecule has 15 heavy (non-hydrogen) atoms. The zero-order valence-electron chi connectivity index (χ0n) is 9.62. The quantitative estimate of drug-likeness (QED) is 0.707. The second kappa shape index (κ2) is 4.31. The van der Waals surface area contributed by atoms with Crippen LogP contribution >= 0.6 is 0 Å². The summed E-state index contributed by atoms with van der Waals surface area (Å²) in [5.41, 5.74) is -0.513. The molecule has 0 radical (unpaired) electrons. The van der Waals surface area contributed by atoms with Gasteiger partial charge in [-0.3, -0.25) is 14.5 Å². The number of carbonyl (C=O) groups excluding carboxylic acids is 2. The lowest BCUT2D eigenvalue weighted by molar-refractivity contribution is -0.144. The SMILES string of the molecule is CCC1(CC)CC(=O)N(C(C)CO)C1=O. The van der Waals surface area contributed by atoms with Crippen LogP contribution in [0.5, 0.6) is 0 Å². The molecule has 0 aromatic rings. The Kier molecular flexibility index (Phi) is 3.50. The lowest BCUT2D eigenvalue weighted by Gasteiger charge is -2.26. The van der Waals surface area contributed by atoms with Crippen LogP contribution < -0.4 is 0 Å². The number of amides is 2. The third-order valence-corrected chi connectivity index (χ3v) is 3.49. The molecule has 0 saturated carbocycles. The Morgan fingerprint density at radius 1 is 1.40 bits per heavy atom. The highest BCUT2D eigenvalue weighted by atomic mass is 16.3. The Bertz CT molecular complexity index is 271. The number of aliphatic hydroxyl groups is 1. The van der Waals surface area contributed by atoms with Gasteiger partial charge in [0.2, 0.25) is 11.8 Å². The van der Waals surface area contributed by atoms with E-state index in [9.17, 15) is 9.59 Å². The van der Waals surface area contributed by atoms with E-state index in [1.807, 2.05) is 13.8 Å². The molecule has 1 saturated heterocycles. The third kappa shape index (κ3) is 1.78. The van der Waals surface area contributed by atoms with Crippen molar-refractivity contribution in [3.63, 3.8) is 0 Å². The van der Waals surface area contributed by atoms with Crippen molar-refractivity contribution in [2.24, 2.45) is 5.41 Å². The van der Waals surface area contributed by atoms with Crippen LogP contribution in [-0.4, -0.2) is 34.5 Å². The Balaban J connectivity index is 2.97. The maximum Gasteiger partial charge on any atom is 0.236 e. The van der Waals surface area contributed by atoms with Crippen LogP contribution in [0.3, 0.4) is 0 Å². The van der Waals surface area contributed by atoms with Crippen LogP contribution in [0, 0.1) is 5.41 Å². The first-order chi connectivity index (χ1) is 7.02. The second-order valence-electron chi connectivity index (χ2n) is 4.26. The van der Waals surface area contributed by atoms with E-state index in [1.54, 1.807) is 6.92 Å². The van der Waals surface area contributed by atoms with E-state index >= 15 is 0 Å². The van der Waals surface area contributed by atoms with Crippen molar-refractivity contribution in [3.05, 3.63) is 0 Å². The Morgan fingerprint density at radius 2 is 1.93 bits per heavy atom. The zero-order chi connectivity index (χ0) is 11.6. The van der Waals surface area contributed by atoms with Gasteiger partial charge < -0.3 is 5.11 Å². The molecule has 1 unspecified atom stereocenters. The third-order valence-electron chi connectivity index (χ3n) is 3.49. The molecule has 1 fully saturated rings. The summed E-state index contributed by atoms with van der Waals surface area (Å²) < 4.78 is 0. The minimum Gasteiger partial charge on any atom is -0.394 e. The normalized spacial score (nSPS) is 22.3. The van der Waals surface area contributed by atoms with E-state index in [2.05, 4.69) is 0 Å². The number of aliphatic hydroxyl groups excluding tert-OH is 1. The number of imide groups is 1. The van der Waals surface area contributed by atoms with Gasteiger partial charge in [-0.05, 0) is 19.8 Å². The van der Waals surface area contributed by atoms with Crippen molar-refractivity contribution < 1.29 is 14.7 Å². The van der Waals surface area contributed by atoms with E-state index in [0.717, 1.165) is 0 Å². The summed E-state index contributed by atoms with van der Waals surface area (Å²) in [5.74, 6) is -0.260. The van der Waals surface area contributed by atoms with Crippen LogP contribution in [0.4, 0.5) is 0 Å². The number of hydrogen-bond donors (Lipinski definition) is 1. The van der Waals surface area contributed by atoms with Gasteiger partial charge in [0.15, 0.2) is 0 Å². The van der Waals surface area contributed by atoms with Gasteiger partial charge >= 0.3 is 0 Å². The highest BCUT2D eigenvalue weighted by Crippen LogP contribution is 2.39. The number of carbonyl (C=O) groups is 2. The van der Waals surface area contributed by atoms with E-state index in [0.29, 0.717) is 19.3 Å². The van der Waals surface area contributed by atoms with Gasteiger partial charge in [0.1, 0.15) is 0 Å². The molecule has 86 valence electrons. The van der Waals surface area contributed by atoms with E-state index in [-0.39, 0.29) is 18.4 Å².